The highest BCUT2D eigenvalue weighted by atomic mass is 32.2. The van der Waals surface area contributed by atoms with Crippen LogP contribution in [-0.4, -0.2) is 28.7 Å². The molecular formula is C20H18N2O4S2. The van der Waals surface area contributed by atoms with Gasteiger partial charge in [-0.1, -0.05) is 60.4 Å². The lowest BCUT2D eigenvalue weighted by Crippen LogP contribution is -2.26. The smallest absolute Gasteiger partial charge is 0.338 e. The lowest BCUT2D eigenvalue weighted by molar-refractivity contribution is 0.0143. The number of nitrogens with one attached hydrogen (secondary N) is 1. The summed E-state index contributed by atoms with van der Waals surface area (Å²) in [6.45, 7) is 0.269. The van der Waals surface area contributed by atoms with E-state index in [1.165, 1.54) is 16.3 Å². The molecule has 3 rings (SSSR count). The second-order valence-electron chi connectivity index (χ2n) is 5.66. The molecule has 1 aromatic heterocycles. The number of ether oxygens (including phenoxy) is 2. The molecule has 1 heterocycles. The van der Waals surface area contributed by atoms with Gasteiger partial charge in [0.05, 0.1) is 17.2 Å². The lowest BCUT2D eigenvalue weighted by Gasteiger charge is -2.12. The molecule has 0 unspecified atom stereocenters. The first-order valence-corrected chi connectivity index (χ1v) is 9.73. The number of hydrogen-bond donors (Lipinski definition) is 1. The third kappa shape index (κ3) is 5.66. The second-order valence-corrected chi connectivity index (χ2v) is 7.19. The molecule has 0 saturated carbocycles. The van der Waals surface area contributed by atoms with Gasteiger partial charge in [0.25, 0.3) is 0 Å². The molecule has 0 fully saturated rings. The van der Waals surface area contributed by atoms with Crippen molar-refractivity contribution < 1.29 is 14.3 Å². The largest absolute Gasteiger partial charge is 0.460 e. The summed E-state index contributed by atoms with van der Waals surface area (Å²) in [5.41, 5.74) is 0.128. The summed E-state index contributed by atoms with van der Waals surface area (Å²) in [7, 11) is 0. The number of aromatic amines is 1. The molecule has 0 aliphatic carbocycles. The minimum Gasteiger partial charge on any atom is -0.460 e. The Morgan fingerprint density at radius 2 is 1.71 bits per heavy atom. The van der Waals surface area contributed by atoms with E-state index >= 15 is 0 Å². The number of benzene rings is 2. The predicted molar refractivity (Wildman–Crippen MR) is 109 cm³/mol. The molecule has 0 saturated heterocycles. The van der Waals surface area contributed by atoms with E-state index in [0.29, 0.717) is 15.2 Å². The fourth-order valence-electron chi connectivity index (χ4n) is 2.32. The van der Waals surface area contributed by atoms with Gasteiger partial charge in [0.1, 0.15) is 18.0 Å². The SMILES string of the molecule is O=C(OCCOCn1c(Sc2ccccc2)cc(=S)[nH]c1=O)c1ccccc1. The van der Waals surface area contributed by atoms with Crippen molar-refractivity contribution in [3.63, 3.8) is 0 Å². The van der Waals surface area contributed by atoms with Crippen molar-refractivity contribution in [2.45, 2.75) is 16.7 Å². The first-order valence-electron chi connectivity index (χ1n) is 8.50. The van der Waals surface area contributed by atoms with E-state index in [4.69, 9.17) is 21.7 Å². The number of carbonyl (C=O) groups is 1. The van der Waals surface area contributed by atoms with Crippen LogP contribution >= 0.6 is 24.0 Å². The van der Waals surface area contributed by atoms with Crippen molar-refractivity contribution in [1.29, 1.82) is 0 Å². The number of carbonyl (C=O) groups excluding carboxylic acids is 1. The minimum atomic E-state index is -0.412. The molecule has 0 spiro atoms. The van der Waals surface area contributed by atoms with Gasteiger partial charge in [-0.2, -0.15) is 0 Å². The van der Waals surface area contributed by atoms with Crippen LogP contribution in [0.2, 0.25) is 0 Å². The van der Waals surface area contributed by atoms with Crippen molar-refractivity contribution in [2.24, 2.45) is 0 Å². The molecule has 8 heteroatoms. The van der Waals surface area contributed by atoms with E-state index in [2.05, 4.69) is 4.98 Å². The Bertz CT molecular complexity index is 1030. The number of nitrogens with zero attached hydrogens (tertiary/aromatic N) is 1. The molecule has 6 nitrogen and oxygen atoms in total. The standard InChI is InChI=1S/C20H18N2O4S2/c23-19(15-7-3-1-4-8-15)26-12-11-25-14-22-18(13-17(27)21-20(22)24)28-16-9-5-2-6-10-16/h1-10,13H,11-12,14H2,(H,21,24,27). The summed E-state index contributed by atoms with van der Waals surface area (Å²) in [5.74, 6) is -0.412. The Hall–Kier alpha value is -2.68. The number of hydrogen-bond acceptors (Lipinski definition) is 6. The summed E-state index contributed by atoms with van der Waals surface area (Å²) >= 11 is 6.53. The molecule has 0 atom stereocenters. The third-order valence-electron chi connectivity index (χ3n) is 3.65. The predicted octanol–water partition coefficient (Wildman–Crippen LogP) is 3.89. The van der Waals surface area contributed by atoms with Crippen LogP contribution < -0.4 is 5.69 Å². The fraction of sp³-hybridized carbons (Fsp3) is 0.150. The van der Waals surface area contributed by atoms with E-state index < -0.39 is 5.97 Å². The van der Waals surface area contributed by atoms with Gasteiger partial charge in [-0.25, -0.2) is 9.59 Å². The Balaban J connectivity index is 1.57. The summed E-state index contributed by atoms with van der Waals surface area (Å²) in [6.07, 6.45) is 0. The van der Waals surface area contributed by atoms with Gasteiger partial charge < -0.3 is 9.47 Å². The van der Waals surface area contributed by atoms with E-state index in [0.717, 1.165) is 4.90 Å². The highest BCUT2D eigenvalue weighted by molar-refractivity contribution is 7.99. The van der Waals surface area contributed by atoms with Gasteiger partial charge in [-0.15, -0.1) is 0 Å². The van der Waals surface area contributed by atoms with Crippen LogP contribution in [0.15, 0.2) is 81.4 Å². The summed E-state index contributed by atoms with van der Waals surface area (Å²) in [6, 6.07) is 20.1. The maximum atomic E-state index is 12.3. The van der Waals surface area contributed by atoms with Gasteiger partial charge in [-0.3, -0.25) is 9.55 Å². The molecule has 0 amide bonds. The Morgan fingerprint density at radius 3 is 2.43 bits per heavy atom. The fourth-order valence-corrected chi connectivity index (χ4v) is 3.55. The van der Waals surface area contributed by atoms with E-state index in [1.54, 1.807) is 30.3 Å². The minimum absolute atomic E-state index is 0.0169. The van der Waals surface area contributed by atoms with Gasteiger partial charge in [0.15, 0.2) is 0 Å². The van der Waals surface area contributed by atoms with Crippen molar-refractivity contribution in [1.82, 2.24) is 9.55 Å². The molecule has 1 N–H and O–H groups in total. The van der Waals surface area contributed by atoms with E-state index in [9.17, 15) is 9.59 Å². The Labute approximate surface area is 171 Å². The zero-order valence-corrected chi connectivity index (χ0v) is 16.5. The molecular weight excluding hydrogens is 396 g/mol. The molecule has 0 aliphatic rings. The van der Waals surface area contributed by atoms with Crippen LogP contribution in [0, 0.1) is 4.64 Å². The Kier molecular flexibility index (Phi) is 7.18. The first-order chi connectivity index (χ1) is 13.6. The van der Waals surface area contributed by atoms with Gasteiger partial charge in [-0.05, 0) is 24.3 Å². The maximum absolute atomic E-state index is 12.3. The van der Waals surface area contributed by atoms with Crippen LogP contribution in [0.25, 0.3) is 0 Å². The topological polar surface area (TPSA) is 73.3 Å². The zero-order chi connectivity index (χ0) is 19.8. The van der Waals surface area contributed by atoms with Crippen LogP contribution in [0.3, 0.4) is 0 Å². The maximum Gasteiger partial charge on any atom is 0.338 e. The van der Waals surface area contributed by atoms with Crippen molar-refractivity contribution >= 4 is 29.9 Å². The molecule has 0 aliphatic heterocycles. The monoisotopic (exact) mass is 414 g/mol. The van der Waals surface area contributed by atoms with Crippen LogP contribution in [0.5, 0.6) is 0 Å². The van der Waals surface area contributed by atoms with Gasteiger partial charge >= 0.3 is 11.7 Å². The summed E-state index contributed by atoms with van der Waals surface area (Å²) < 4.78 is 12.5. The normalized spacial score (nSPS) is 10.6. The number of aromatic nitrogens is 2. The number of esters is 1. The second kappa shape index (κ2) is 10.0. The van der Waals surface area contributed by atoms with Crippen molar-refractivity contribution in [3.8, 4) is 0 Å². The summed E-state index contributed by atoms with van der Waals surface area (Å²) in [5, 5.41) is 0.668. The molecule has 0 radical (unpaired) electrons. The number of rotatable bonds is 8. The lowest BCUT2D eigenvalue weighted by atomic mass is 10.2. The third-order valence-corrected chi connectivity index (χ3v) is 4.93. The highest BCUT2D eigenvalue weighted by Crippen LogP contribution is 2.26. The van der Waals surface area contributed by atoms with Crippen molar-refractivity contribution in [3.05, 3.63) is 87.4 Å². The van der Waals surface area contributed by atoms with Crippen LogP contribution in [0.4, 0.5) is 0 Å². The average molecular weight is 415 g/mol. The zero-order valence-electron chi connectivity index (χ0n) is 14.9. The quantitative estimate of drug-likeness (QED) is 0.261. The molecule has 3 aromatic rings. The molecule has 0 bridgehead atoms. The van der Waals surface area contributed by atoms with Gasteiger partial charge in [0, 0.05) is 11.0 Å². The van der Waals surface area contributed by atoms with Crippen LogP contribution in [0.1, 0.15) is 10.4 Å². The molecule has 2 aromatic carbocycles. The number of H-pyrrole nitrogens is 1. The average Bonchev–Trinajstić information content (AvgIpc) is 2.70. The van der Waals surface area contributed by atoms with Crippen molar-refractivity contribution in [2.75, 3.05) is 13.2 Å². The summed E-state index contributed by atoms with van der Waals surface area (Å²) in [4.78, 5) is 27.7. The van der Waals surface area contributed by atoms with Gasteiger partial charge in [0.2, 0.25) is 0 Å². The van der Waals surface area contributed by atoms with E-state index in [1.807, 2.05) is 36.4 Å². The van der Waals surface area contributed by atoms with Crippen LogP contribution in [-0.2, 0) is 16.2 Å². The molecule has 28 heavy (non-hydrogen) atoms. The highest BCUT2D eigenvalue weighted by Gasteiger charge is 2.08. The first kappa shape index (κ1) is 20.1. The van der Waals surface area contributed by atoms with E-state index in [-0.39, 0.29) is 25.6 Å². The molecule has 144 valence electrons. The Morgan fingerprint density at radius 1 is 1.04 bits per heavy atom.